The van der Waals surface area contributed by atoms with Crippen molar-refractivity contribution in [1.82, 2.24) is 15.0 Å². The normalized spacial score (nSPS) is 10.7. The minimum Gasteiger partial charge on any atom is -0.383 e. The molecule has 0 amide bonds. The van der Waals surface area contributed by atoms with Gasteiger partial charge >= 0.3 is 0 Å². The third-order valence-electron chi connectivity index (χ3n) is 2.96. The van der Waals surface area contributed by atoms with Crippen LogP contribution in [0.2, 0.25) is 0 Å². The molecule has 19 heavy (non-hydrogen) atoms. The lowest BCUT2D eigenvalue weighted by molar-refractivity contribution is 0.803. The van der Waals surface area contributed by atoms with Crippen molar-refractivity contribution in [1.29, 1.82) is 0 Å². The zero-order chi connectivity index (χ0) is 13.8. The lowest BCUT2D eigenvalue weighted by Crippen LogP contribution is -2.21. The van der Waals surface area contributed by atoms with Gasteiger partial charge in [-0.25, -0.2) is 9.97 Å². The molecule has 0 spiro atoms. The van der Waals surface area contributed by atoms with Crippen molar-refractivity contribution < 1.29 is 0 Å². The highest BCUT2D eigenvalue weighted by Gasteiger charge is 2.16. The van der Waals surface area contributed by atoms with Crippen molar-refractivity contribution in [2.45, 2.75) is 26.3 Å². The number of nitrogen functional groups attached to an aromatic ring is 1. The Kier molecular flexibility index (Phi) is 3.94. The third kappa shape index (κ3) is 2.99. The van der Waals surface area contributed by atoms with Gasteiger partial charge in [0.2, 0.25) is 0 Å². The van der Waals surface area contributed by atoms with Crippen LogP contribution in [0.4, 0.5) is 11.6 Å². The largest absolute Gasteiger partial charge is 0.383 e. The first-order valence-corrected chi connectivity index (χ1v) is 6.31. The second-order valence-electron chi connectivity index (χ2n) is 4.83. The summed E-state index contributed by atoms with van der Waals surface area (Å²) < 4.78 is 0. The minimum atomic E-state index is 0.280. The Hall–Kier alpha value is -2.17. The maximum absolute atomic E-state index is 5.96. The molecule has 0 aliphatic carbocycles. The van der Waals surface area contributed by atoms with Crippen LogP contribution < -0.4 is 10.6 Å². The second kappa shape index (κ2) is 5.65. The predicted molar refractivity (Wildman–Crippen MR) is 76.9 cm³/mol. The molecule has 0 aliphatic rings. The molecule has 2 heterocycles. The van der Waals surface area contributed by atoms with Gasteiger partial charge in [0.15, 0.2) is 0 Å². The maximum Gasteiger partial charge on any atom is 0.137 e. The highest BCUT2D eigenvalue weighted by atomic mass is 15.2. The van der Waals surface area contributed by atoms with E-state index in [-0.39, 0.29) is 5.92 Å². The average molecular weight is 257 g/mol. The first-order chi connectivity index (χ1) is 9.09. The van der Waals surface area contributed by atoms with E-state index in [9.17, 15) is 0 Å². The molecule has 0 aromatic carbocycles. The van der Waals surface area contributed by atoms with Crippen molar-refractivity contribution in [3.05, 3.63) is 42.0 Å². The standard InChI is InChI=1S/C14H19N5/c1-10(2)12-13(15)17-9-18-14(12)19(3)8-11-6-4-5-7-16-11/h4-7,9-10H,8H2,1-3H3,(H2,15,17,18). The van der Waals surface area contributed by atoms with Crippen molar-refractivity contribution >= 4 is 11.6 Å². The van der Waals surface area contributed by atoms with Crippen LogP contribution in [0.25, 0.3) is 0 Å². The van der Waals surface area contributed by atoms with Gasteiger partial charge in [0, 0.05) is 18.8 Å². The number of pyridine rings is 1. The number of nitrogens with two attached hydrogens (primary N) is 1. The lowest BCUT2D eigenvalue weighted by Gasteiger charge is -2.22. The van der Waals surface area contributed by atoms with E-state index < -0.39 is 0 Å². The molecule has 2 N–H and O–H groups in total. The molecule has 0 aliphatic heterocycles. The first-order valence-electron chi connectivity index (χ1n) is 6.31. The zero-order valence-electron chi connectivity index (χ0n) is 11.5. The smallest absolute Gasteiger partial charge is 0.137 e. The van der Waals surface area contributed by atoms with Crippen molar-refractivity contribution in [2.24, 2.45) is 0 Å². The molecule has 0 saturated heterocycles. The molecule has 5 heteroatoms. The molecule has 2 aromatic rings. The van der Waals surface area contributed by atoms with Gasteiger partial charge in [-0.2, -0.15) is 0 Å². The summed E-state index contributed by atoms with van der Waals surface area (Å²) in [5.74, 6) is 1.70. The molecule has 2 aromatic heterocycles. The van der Waals surface area contributed by atoms with E-state index in [4.69, 9.17) is 5.73 Å². The summed E-state index contributed by atoms with van der Waals surface area (Å²) in [6, 6.07) is 5.88. The fourth-order valence-corrected chi connectivity index (χ4v) is 2.07. The Labute approximate surface area is 113 Å². The molecular formula is C14H19N5. The summed E-state index contributed by atoms with van der Waals surface area (Å²) in [5, 5.41) is 0. The Morgan fingerprint density at radius 3 is 2.63 bits per heavy atom. The zero-order valence-corrected chi connectivity index (χ0v) is 11.5. The number of nitrogens with zero attached hydrogens (tertiary/aromatic N) is 4. The van der Waals surface area contributed by atoms with Crippen LogP contribution in [-0.2, 0) is 6.54 Å². The van der Waals surface area contributed by atoms with Gasteiger partial charge < -0.3 is 10.6 Å². The summed E-state index contributed by atoms with van der Waals surface area (Å²) in [6.45, 7) is 4.87. The Balaban J connectivity index is 2.29. The van der Waals surface area contributed by atoms with Crippen molar-refractivity contribution in [2.75, 3.05) is 17.7 Å². The van der Waals surface area contributed by atoms with Crippen LogP contribution in [0, 0.1) is 0 Å². The summed E-state index contributed by atoms with van der Waals surface area (Å²) in [6.07, 6.45) is 3.30. The molecule has 2 rings (SSSR count). The minimum absolute atomic E-state index is 0.280. The van der Waals surface area contributed by atoms with E-state index in [0.717, 1.165) is 17.1 Å². The van der Waals surface area contributed by atoms with Gasteiger partial charge in [-0.05, 0) is 18.1 Å². The van der Waals surface area contributed by atoms with E-state index in [1.165, 1.54) is 6.33 Å². The Morgan fingerprint density at radius 1 is 1.21 bits per heavy atom. The first kappa shape index (κ1) is 13.3. The molecule has 0 radical (unpaired) electrons. The summed E-state index contributed by atoms with van der Waals surface area (Å²) in [7, 11) is 1.99. The molecule has 5 nitrogen and oxygen atoms in total. The fraction of sp³-hybridized carbons (Fsp3) is 0.357. The quantitative estimate of drug-likeness (QED) is 0.909. The van der Waals surface area contributed by atoms with Crippen LogP contribution in [-0.4, -0.2) is 22.0 Å². The van der Waals surface area contributed by atoms with Crippen molar-refractivity contribution in [3.8, 4) is 0 Å². The van der Waals surface area contributed by atoms with E-state index in [1.54, 1.807) is 6.20 Å². The van der Waals surface area contributed by atoms with Gasteiger partial charge in [-0.1, -0.05) is 19.9 Å². The SMILES string of the molecule is CC(C)c1c(N)ncnc1N(C)Cc1ccccn1. The highest BCUT2D eigenvalue weighted by molar-refractivity contribution is 5.57. The van der Waals surface area contributed by atoms with Crippen LogP contribution in [0.3, 0.4) is 0 Å². The molecule has 0 bridgehead atoms. The Morgan fingerprint density at radius 2 is 2.00 bits per heavy atom. The average Bonchev–Trinajstić information content (AvgIpc) is 2.39. The van der Waals surface area contributed by atoms with Crippen LogP contribution in [0.5, 0.6) is 0 Å². The number of aromatic nitrogens is 3. The van der Waals surface area contributed by atoms with Gasteiger partial charge in [-0.3, -0.25) is 4.98 Å². The summed E-state index contributed by atoms with van der Waals surface area (Å²) >= 11 is 0. The molecule has 100 valence electrons. The predicted octanol–water partition coefficient (Wildman–Crippen LogP) is 2.21. The van der Waals surface area contributed by atoms with Crippen LogP contribution in [0.15, 0.2) is 30.7 Å². The van der Waals surface area contributed by atoms with E-state index >= 15 is 0 Å². The molecule has 0 atom stereocenters. The monoisotopic (exact) mass is 257 g/mol. The summed E-state index contributed by atoms with van der Waals surface area (Å²) in [4.78, 5) is 14.8. The number of anilines is 2. The van der Waals surface area contributed by atoms with E-state index in [1.807, 2.05) is 25.2 Å². The van der Waals surface area contributed by atoms with Crippen LogP contribution in [0.1, 0.15) is 31.0 Å². The number of hydrogen-bond acceptors (Lipinski definition) is 5. The van der Waals surface area contributed by atoms with E-state index in [0.29, 0.717) is 12.4 Å². The highest BCUT2D eigenvalue weighted by Crippen LogP contribution is 2.28. The van der Waals surface area contributed by atoms with Crippen LogP contribution >= 0.6 is 0 Å². The van der Waals surface area contributed by atoms with Gasteiger partial charge in [0.1, 0.15) is 18.0 Å². The van der Waals surface area contributed by atoms with E-state index in [2.05, 4.69) is 33.7 Å². The fourth-order valence-electron chi connectivity index (χ4n) is 2.07. The summed E-state index contributed by atoms with van der Waals surface area (Å²) in [5.41, 5.74) is 7.94. The number of hydrogen-bond donors (Lipinski definition) is 1. The van der Waals surface area contributed by atoms with Gasteiger partial charge in [0.25, 0.3) is 0 Å². The molecular weight excluding hydrogens is 238 g/mol. The van der Waals surface area contributed by atoms with Gasteiger partial charge in [-0.15, -0.1) is 0 Å². The molecule has 0 saturated carbocycles. The maximum atomic E-state index is 5.96. The molecule has 0 unspecified atom stereocenters. The lowest BCUT2D eigenvalue weighted by atomic mass is 10.0. The number of rotatable bonds is 4. The third-order valence-corrected chi connectivity index (χ3v) is 2.96. The molecule has 0 fully saturated rings. The topological polar surface area (TPSA) is 67.9 Å². The Bertz CT molecular complexity index is 539. The second-order valence-corrected chi connectivity index (χ2v) is 4.83. The van der Waals surface area contributed by atoms with Crippen molar-refractivity contribution in [3.63, 3.8) is 0 Å². The van der Waals surface area contributed by atoms with Gasteiger partial charge in [0.05, 0.1) is 12.2 Å².